The van der Waals surface area contributed by atoms with Crippen LogP contribution in [0.4, 0.5) is 11.4 Å². The first kappa shape index (κ1) is 22.4. The molecule has 0 bridgehead atoms. The van der Waals surface area contributed by atoms with Crippen LogP contribution in [0, 0.1) is 0 Å². The average Bonchev–Trinajstić information content (AvgIpc) is 3.03. The number of para-hydroxylation sites is 1. The molecule has 168 valence electrons. The first-order valence-electron chi connectivity index (χ1n) is 11.3. The zero-order valence-corrected chi connectivity index (χ0v) is 19.2. The van der Waals surface area contributed by atoms with Crippen molar-refractivity contribution < 1.29 is 14.3 Å². The monoisotopic (exact) mass is 451 g/mol. The van der Waals surface area contributed by atoms with E-state index >= 15 is 0 Å². The molecule has 0 saturated heterocycles. The fraction of sp³-hybridized carbons (Fsp3) is 0.400. The Balaban J connectivity index is 1.42. The van der Waals surface area contributed by atoms with E-state index in [2.05, 4.69) is 22.8 Å². The molecule has 32 heavy (non-hydrogen) atoms. The number of hydrogen-bond acceptors (Lipinski definition) is 6. The fourth-order valence-electron chi connectivity index (χ4n) is 4.21. The number of nitrogens with zero attached hydrogens (tertiary/aromatic N) is 1. The third-order valence-electron chi connectivity index (χ3n) is 5.79. The van der Waals surface area contributed by atoms with Crippen molar-refractivity contribution in [1.29, 1.82) is 0 Å². The Bertz CT molecular complexity index is 996. The van der Waals surface area contributed by atoms with Crippen LogP contribution in [0.2, 0.25) is 0 Å². The van der Waals surface area contributed by atoms with E-state index in [-0.39, 0.29) is 23.3 Å². The van der Waals surface area contributed by atoms with Crippen molar-refractivity contribution in [2.45, 2.75) is 51.1 Å². The lowest BCUT2D eigenvalue weighted by atomic mass is 9.97. The summed E-state index contributed by atoms with van der Waals surface area (Å²) in [5.41, 5.74) is 3.01. The van der Waals surface area contributed by atoms with Crippen LogP contribution in [-0.4, -0.2) is 34.9 Å². The molecule has 0 aromatic heterocycles. The number of anilines is 2. The quantitative estimate of drug-likeness (QED) is 0.590. The molecule has 7 heteroatoms. The maximum absolute atomic E-state index is 12.6. The van der Waals surface area contributed by atoms with Gasteiger partial charge >= 0.3 is 5.97 Å². The predicted octanol–water partition coefficient (Wildman–Crippen LogP) is 5.46. The third-order valence-corrected chi connectivity index (χ3v) is 6.78. The van der Waals surface area contributed by atoms with Crippen LogP contribution < -0.4 is 10.6 Å². The van der Waals surface area contributed by atoms with E-state index in [0.29, 0.717) is 17.9 Å². The Morgan fingerprint density at radius 2 is 1.78 bits per heavy atom. The second kappa shape index (κ2) is 10.2. The highest BCUT2D eigenvalue weighted by Gasteiger charge is 2.35. The molecule has 2 aromatic carbocycles. The number of aliphatic imine (C=N–C) groups is 1. The Labute approximate surface area is 193 Å². The van der Waals surface area contributed by atoms with Gasteiger partial charge in [-0.25, -0.2) is 9.79 Å². The average molecular weight is 452 g/mol. The summed E-state index contributed by atoms with van der Waals surface area (Å²) in [7, 11) is 0. The molecule has 1 amide bonds. The molecule has 0 atom stereocenters. The lowest BCUT2D eigenvalue weighted by Gasteiger charge is -2.36. The van der Waals surface area contributed by atoms with E-state index in [1.165, 1.54) is 37.4 Å². The number of nitrogens with one attached hydrogen (secondary N) is 2. The number of ether oxygens (including phenoxy) is 1. The third kappa shape index (κ3) is 5.33. The van der Waals surface area contributed by atoms with Crippen molar-refractivity contribution in [3.63, 3.8) is 0 Å². The van der Waals surface area contributed by atoms with Crippen LogP contribution in [0.15, 0.2) is 53.5 Å². The van der Waals surface area contributed by atoms with Gasteiger partial charge in [-0.1, -0.05) is 42.8 Å². The Hall–Kier alpha value is -2.80. The number of carbonyl (C=O) groups is 2. The maximum Gasteiger partial charge on any atom is 0.338 e. The normalized spacial score (nSPS) is 16.8. The lowest BCUT2D eigenvalue weighted by Crippen LogP contribution is -2.40. The lowest BCUT2D eigenvalue weighted by molar-refractivity contribution is -0.113. The summed E-state index contributed by atoms with van der Waals surface area (Å²) in [6.45, 7) is 2.10. The van der Waals surface area contributed by atoms with Crippen LogP contribution in [0.1, 0.15) is 61.4 Å². The molecule has 2 aliphatic rings. The molecule has 0 radical (unpaired) electrons. The molecule has 1 fully saturated rings. The largest absolute Gasteiger partial charge is 0.462 e. The van der Waals surface area contributed by atoms with Crippen LogP contribution in [-0.2, 0) is 9.53 Å². The van der Waals surface area contributed by atoms with Gasteiger partial charge in [-0.3, -0.25) is 4.79 Å². The van der Waals surface area contributed by atoms with Gasteiger partial charge in [0.25, 0.3) is 0 Å². The van der Waals surface area contributed by atoms with Gasteiger partial charge in [0.2, 0.25) is 5.91 Å². The second-order valence-electron chi connectivity index (χ2n) is 8.17. The van der Waals surface area contributed by atoms with Crippen molar-refractivity contribution in [3.05, 3.63) is 59.7 Å². The van der Waals surface area contributed by atoms with Crippen molar-refractivity contribution in [1.82, 2.24) is 0 Å². The molecule has 1 aliphatic carbocycles. The zero-order chi connectivity index (χ0) is 22.4. The number of hydrogen-bond donors (Lipinski definition) is 2. The first-order chi connectivity index (χ1) is 15.6. The minimum absolute atomic E-state index is 0.104. The van der Waals surface area contributed by atoms with Gasteiger partial charge in [0.05, 0.1) is 17.9 Å². The smallest absolute Gasteiger partial charge is 0.338 e. The molecular weight excluding hydrogens is 422 g/mol. The molecule has 1 saturated carbocycles. The predicted molar refractivity (Wildman–Crippen MR) is 131 cm³/mol. The maximum atomic E-state index is 12.6. The minimum atomic E-state index is -0.365. The first-order valence-corrected chi connectivity index (χ1v) is 12.2. The summed E-state index contributed by atoms with van der Waals surface area (Å²) in [6, 6.07) is 14.9. The molecule has 1 aliphatic heterocycles. The van der Waals surface area contributed by atoms with E-state index in [9.17, 15) is 9.59 Å². The van der Waals surface area contributed by atoms with E-state index in [0.717, 1.165) is 29.1 Å². The van der Waals surface area contributed by atoms with Gasteiger partial charge < -0.3 is 15.4 Å². The van der Waals surface area contributed by atoms with E-state index in [1.54, 1.807) is 31.2 Å². The van der Waals surface area contributed by atoms with E-state index < -0.39 is 0 Å². The highest BCUT2D eigenvalue weighted by molar-refractivity contribution is 8.15. The van der Waals surface area contributed by atoms with Crippen LogP contribution >= 0.6 is 11.8 Å². The molecule has 1 heterocycles. The van der Waals surface area contributed by atoms with Gasteiger partial charge in [-0.15, -0.1) is 0 Å². The van der Waals surface area contributed by atoms with Gasteiger partial charge in [-0.05, 0) is 62.9 Å². The summed E-state index contributed by atoms with van der Waals surface area (Å²) in [6.07, 6.45) is 6.87. The Kier molecular flexibility index (Phi) is 7.15. The van der Waals surface area contributed by atoms with Crippen LogP contribution in [0.5, 0.6) is 0 Å². The number of amides is 1. The topological polar surface area (TPSA) is 79.8 Å². The summed E-state index contributed by atoms with van der Waals surface area (Å²) in [5.74, 6) is -0.202. The van der Waals surface area contributed by atoms with Crippen LogP contribution in [0.25, 0.3) is 0 Å². The van der Waals surface area contributed by atoms with Gasteiger partial charge in [0, 0.05) is 16.9 Å². The van der Waals surface area contributed by atoms with Crippen molar-refractivity contribution in [2.75, 3.05) is 23.0 Å². The van der Waals surface area contributed by atoms with Crippen molar-refractivity contribution in [2.24, 2.45) is 4.99 Å². The summed E-state index contributed by atoms with van der Waals surface area (Å²) < 4.78 is 4.99. The van der Waals surface area contributed by atoms with E-state index in [4.69, 9.17) is 9.73 Å². The fourth-order valence-corrected chi connectivity index (χ4v) is 5.12. The Morgan fingerprint density at radius 3 is 2.50 bits per heavy atom. The van der Waals surface area contributed by atoms with Gasteiger partial charge in [0.15, 0.2) is 0 Å². The molecule has 6 nitrogen and oxygen atoms in total. The molecule has 4 rings (SSSR count). The molecule has 0 unspecified atom stereocenters. The molecule has 1 spiro atoms. The SMILES string of the molecule is CCOC(=O)c1ccc(NC(=O)CSC2=NC3(CCCCCC3)Nc3ccccc32)cc1. The van der Waals surface area contributed by atoms with Crippen molar-refractivity contribution in [3.8, 4) is 0 Å². The number of benzene rings is 2. The molecule has 2 N–H and O–H groups in total. The van der Waals surface area contributed by atoms with E-state index in [1.807, 2.05) is 12.1 Å². The number of thioether (sulfide) groups is 1. The molecular formula is C25H29N3O3S. The Morgan fingerprint density at radius 1 is 1.06 bits per heavy atom. The highest BCUT2D eigenvalue weighted by Crippen LogP contribution is 2.39. The number of carbonyl (C=O) groups excluding carboxylic acids is 2. The van der Waals surface area contributed by atoms with Gasteiger partial charge in [-0.2, -0.15) is 0 Å². The minimum Gasteiger partial charge on any atom is -0.462 e. The summed E-state index contributed by atoms with van der Waals surface area (Å²) >= 11 is 1.48. The standard InChI is InChI=1S/C25H29N3O3S/c1-2-31-24(30)18-11-13-19(14-12-18)26-22(29)17-32-23-20-9-5-6-10-21(20)27-25(28-23)15-7-3-4-8-16-25/h5-6,9-14,27H,2-4,7-8,15-17H2,1H3,(H,26,29). The summed E-state index contributed by atoms with van der Waals surface area (Å²) in [4.78, 5) is 29.5. The number of esters is 1. The number of rotatable bonds is 5. The van der Waals surface area contributed by atoms with Crippen LogP contribution in [0.3, 0.4) is 0 Å². The summed E-state index contributed by atoms with van der Waals surface area (Å²) in [5, 5.41) is 7.52. The number of fused-ring (bicyclic) bond motifs is 1. The zero-order valence-electron chi connectivity index (χ0n) is 18.4. The molecule has 2 aromatic rings. The highest BCUT2D eigenvalue weighted by atomic mass is 32.2. The second-order valence-corrected chi connectivity index (χ2v) is 9.13. The van der Waals surface area contributed by atoms with Gasteiger partial charge in [0.1, 0.15) is 10.7 Å². The van der Waals surface area contributed by atoms with Crippen molar-refractivity contribution >= 4 is 40.1 Å².